The van der Waals surface area contributed by atoms with Crippen molar-refractivity contribution in [1.29, 1.82) is 0 Å². The molecular formula is C5H12N2O. The van der Waals surface area contributed by atoms with E-state index in [1.807, 2.05) is 0 Å². The van der Waals surface area contributed by atoms with Crippen LogP contribution in [0.5, 0.6) is 0 Å². The molecule has 1 aliphatic heterocycles. The summed E-state index contributed by atoms with van der Waals surface area (Å²) in [6, 6.07) is 0. The molecule has 1 saturated heterocycles. The summed E-state index contributed by atoms with van der Waals surface area (Å²) < 4.78 is 0. The molecule has 0 aromatic heterocycles. The summed E-state index contributed by atoms with van der Waals surface area (Å²) in [7, 11) is 0. The maximum Gasteiger partial charge on any atom is 0.135 e. The van der Waals surface area contributed by atoms with Gasteiger partial charge in [-0.25, -0.2) is 0 Å². The summed E-state index contributed by atoms with van der Waals surface area (Å²) in [6.07, 6.45) is 1.47. The second-order valence-corrected chi connectivity index (χ2v) is 1.79. The number of piperidine rings is 1. The van der Waals surface area contributed by atoms with Gasteiger partial charge in [-0.1, -0.05) is 0 Å². The second kappa shape index (κ2) is 3.57. The van der Waals surface area contributed by atoms with Crippen molar-refractivity contribution in [3.63, 3.8) is 0 Å². The zero-order chi connectivity index (χ0) is 5.11. The van der Waals surface area contributed by atoms with Crippen LogP contribution in [-0.4, -0.2) is 18.9 Å². The molecule has 0 aliphatic carbocycles. The average molecular weight is 116 g/mol. The fraction of sp³-hybridized carbons (Fsp3) is 0.800. The van der Waals surface area contributed by atoms with Gasteiger partial charge in [0.05, 0.1) is 0 Å². The summed E-state index contributed by atoms with van der Waals surface area (Å²) in [4.78, 5) is 10.4. The first-order valence-corrected chi connectivity index (χ1v) is 2.62. The molecule has 1 heterocycles. The number of ketones is 1. The third-order valence-electron chi connectivity index (χ3n) is 1.16. The van der Waals surface area contributed by atoms with Crippen molar-refractivity contribution in [2.75, 3.05) is 13.1 Å². The third kappa shape index (κ3) is 2.04. The fourth-order valence-corrected chi connectivity index (χ4v) is 0.706. The van der Waals surface area contributed by atoms with Crippen molar-refractivity contribution >= 4 is 5.78 Å². The highest BCUT2D eigenvalue weighted by atomic mass is 16.1. The monoisotopic (exact) mass is 116 g/mol. The molecule has 0 unspecified atom stereocenters. The third-order valence-corrected chi connectivity index (χ3v) is 1.16. The Labute approximate surface area is 49.0 Å². The quantitative estimate of drug-likeness (QED) is 0.472. The van der Waals surface area contributed by atoms with Gasteiger partial charge in [0.25, 0.3) is 0 Å². The molecular weight excluding hydrogens is 104 g/mol. The van der Waals surface area contributed by atoms with Crippen LogP contribution in [0.4, 0.5) is 0 Å². The smallest absolute Gasteiger partial charge is 0.135 e. The van der Waals surface area contributed by atoms with E-state index in [1.165, 1.54) is 0 Å². The number of hydrogen-bond acceptors (Lipinski definition) is 3. The van der Waals surface area contributed by atoms with Crippen LogP contribution in [0, 0.1) is 0 Å². The van der Waals surface area contributed by atoms with E-state index < -0.39 is 0 Å². The Balaban J connectivity index is 0.000000490. The lowest BCUT2D eigenvalue weighted by Crippen LogP contribution is -2.27. The number of carbonyl (C=O) groups excluding carboxylic acids is 1. The van der Waals surface area contributed by atoms with Crippen LogP contribution in [0.3, 0.4) is 0 Å². The lowest BCUT2D eigenvalue weighted by molar-refractivity contribution is -0.119. The topological polar surface area (TPSA) is 64.1 Å². The van der Waals surface area contributed by atoms with Gasteiger partial charge in [0.2, 0.25) is 0 Å². The molecule has 1 aliphatic rings. The molecule has 0 aromatic rings. The van der Waals surface area contributed by atoms with Gasteiger partial charge in [0.1, 0.15) is 5.78 Å². The van der Waals surface area contributed by atoms with E-state index in [1.54, 1.807) is 0 Å². The molecule has 1 rings (SSSR count). The van der Waals surface area contributed by atoms with Crippen LogP contribution in [0.2, 0.25) is 0 Å². The second-order valence-electron chi connectivity index (χ2n) is 1.79. The maximum atomic E-state index is 10.4. The first-order chi connectivity index (χ1) is 3.39. The maximum absolute atomic E-state index is 10.4. The highest BCUT2D eigenvalue weighted by Gasteiger charge is 2.04. The van der Waals surface area contributed by atoms with Gasteiger partial charge in [0, 0.05) is 25.9 Å². The Kier molecular flexibility index (Phi) is 3.39. The molecule has 0 amide bonds. The molecule has 48 valence electrons. The standard InChI is InChI=1S/C5H9NO.H3N/c7-5-1-3-6-4-2-5;/h6H,1-4H2;1H3. The first kappa shape index (κ1) is 7.59. The van der Waals surface area contributed by atoms with E-state index >= 15 is 0 Å². The summed E-state index contributed by atoms with van der Waals surface area (Å²) in [5, 5.41) is 3.09. The van der Waals surface area contributed by atoms with Crippen molar-refractivity contribution in [3.05, 3.63) is 0 Å². The van der Waals surface area contributed by atoms with Crippen molar-refractivity contribution in [1.82, 2.24) is 11.5 Å². The zero-order valence-electron chi connectivity index (χ0n) is 4.94. The summed E-state index contributed by atoms with van der Waals surface area (Å²) in [5.41, 5.74) is 0. The normalized spacial score (nSPS) is 19.8. The van der Waals surface area contributed by atoms with E-state index in [4.69, 9.17) is 0 Å². The van der Waals surface area contributed by atoms with Gasteiger partial charge in [-0.05, 0) is 0 Å². The van der Waals surface area contributed by atoms with Crippen LogP contribution in [0.1, 0.15) is 12.8 Å². The van der Waals surface area contributed by atoms with E-state index in [-0.39, 0.29) is 6.15 Å². The molecule has 0 aromatic carbocycles. The van der Waals surface area contributed by atoms with Gasteiger partial charge in [-0.15, -0.1) is 0 Å². The largest absolute Gasteiger partial charge is 0.344 e. The Morgan fingerprint density at radius 3 is 2.00 bits per heavy atom. The van der Waals surface area contributed by atoms with Gasteiger partial charge < -0.3 is 11.5 Å². The number of carbonyl (C=O) groups is 1. The van der Waals surface area contributed by atoms with Gasteiger partial charge in [-0.3, -0.25) is 4.79 Å². The molecule has 0 atom stereocenters. The molecule has 0 bridgehead atoms. The summed E-state index contributed by atoms with van der Waals surface area (Å²) in [5.74, 6) is 0.402. The Bertz CT molecular complexity index is 74.5. The number of rotatable bonds is 0. The summed E-state index contributed by atoms with van der Waals surface area (Å²) >= 11 is 0. The van der Waals surface area contributed by atoms with Crippen LogP contribution in [-0.2, 0) is 4.79 Å². The summed E-state index contributed by atoms with van der Waals surface area (Å²) in [6.45, 7) is 1.78. The van der Waals surface area contributed by atoms with E-state index in [0.717, 1.165) is 25.9 Å². The number of hydrogen-bond donors (Lipinski definition) is 2. The van der Waals surface area contributed by atoms with Crippen LogP contribution < -0.4 is 11.5 Å². The van der Waals surface area contributed by atoms with E-state index in [9.17, 15) is 4.79 Å². The fourth-order valence-electron chi connectivity index (χ4n) is 0.706. The van der Waals surface area contributed by atoms with Crippen LogP contribution in [0.15, 0.2) is 0 Å². The molecule has 0 radical (unpaired) electrons. The van der Waals surface area contributed by atoms with Crippen molar-refractivity contribution in [2.24, 2.45) is 0 Å². The van der Waals surface area contributed by atoms with Crippen molar-refractivity contribution in [2.45, 2.75) is 12.8 Å². The first-order valence-electron chi connectivity index (χ1n) is 2.62. The minimum absolute atomic E-state index is 0. The van der Waals surface area contributed by atoms with Gasteiger partial charge in [0.15, 0.2) is 0 Å². The molecule has 3 heteroatoms. The number of Topliss-reactive ketones (excluding diaryl/α,β-unsaturated/α-hetero) is 1. The van der Waals surface area contributed by atoms with Crippen LogP contribution >= 0.6 is 0 Å². The molecule has 8 heavy (non-hydrogen) atoms. The van der Waals surface area contributed by atoms with Crippen molar-refractivity contribution in [3.8, 4) is 0 Å². The van der Waals surface area contributed by atoms with Crippen molar-refractivity contribution < 1.29 is 4.79 Å². The minimum Gasteiger partial charge on any atom is -0.344 e. The minimum atomic E-state index is 0. The molecule has 4 N–H and O–H groups in total. The molecule has 0 spiro atoms. The van der Waals surface area contributed by atoms with Gasteiger partial charge >= 0.3 is 0 Å². The highest BCUT2D eigenvalue weighted by molar-refractivity contribution is 5.79. The lowest BCUT2D eigenvalue weighted by Gasteiger charge is -2.08. The predicted molar refractivity (Wildman–Crippen MR) is 32.1 cm³/mol. The SMILES string of the molecule is N.O=C1CCNCC1. The number of nitrogens with one attached hydrogen (secondary N) is 1. The Morgan fingerprint density at radius 2 is 1.75 bits per heavy atom. The zero-order valence-corrected chi connectivity index (χ0v) is 4.94. The molecule has 0 saturated carbocycles. The average Bonchev–Trinajstić information content (AvgIpc) is 1.69. The van der Waals surface area contributed by atoms with Gasteiger partial charge in [-0.2, -0.15) is 0 Å². The van der Waals surface area contributed by atoms with E-state index in [2.05, 4.69) is 5.32 Å². The molecule has 3 nitrogen and oxygen atoms in total. The lowest BCUT2D eigenvalue weighted by atomic mass is 10.1. The Hall–Kier alpha value is -0.410. The highest BCUT2D eigenvalue weighted by Crippen LogP contribution is 1.91. The molecule has 1 fully saturated rings. The Morgan fingerprint density at radius 1 is 1.25 bits per heavy atom. The van der Waals surface area contributed by atoms with E-state index in [0.29, 0.717) is 5.78 Å². The van der Waals surface area contributed by atoms with Crippen LogP contribution in [0.25, 0.3) is 0 Å². The predicted octanol–water partition coefficient (Wildman–Crippen LogP) is 0.101.